The molecule has 0 bridgehead atoms. The maximum Gasteiger partial charge on any atom is 0.141 e. The predicted molar refractivity (Wildman–Crippen MR) is 74.5 cm³/mol. The number of pyridine rings is 1. The molecular formula is C14H16N4. The van der Waals surface area contributed by atoms with E-state index >= 15 is 0 Å². The van der Waals surface area contributed by atoms with E-state index in [1.54, 1.807) is 6.20 Å². The molecule has 4 heteroatoms. The average Bonchev–Trinajstić information content (AvgIpc) is 2.38. The van der Waals surface area contributed by atoms with Crippen molar-refractivity contribution in [1.82, 2.24) is 4.98 Å². The molecule has 0 fully saturated rings. The summed E-state index contributed by atoms with van der Waals surface area (Å²) in [6, 6.07) is 11.9. The van der Waals surface area contributed by atoms with Crippen molar-refractivity contribution in [2.45, 2.75) is 6.92 Å². The maximum absolute atomic E-state index is 7.42. The van der Waals surface area contributed by atoms with Crippen molar-refractivity contribution in [3.63, 3.8) is 0 Å². The zero-order valence-corrected chi connectivity index (χ0v) is 10.5. The van der Waals surface area contributed by atoms with Gasteiger partial charge in [0.15, 0.2) is 0 Å². The van der Waals surface area contributed by atoms with Gasteiger partial charge < -0.3 is 10.6 Å². The average molecular weight is 240 g/mol. The van der Waals surface area contributed by atoms with Crippen LogP contribution in [0.1, 0.15) is 11.3 Å². The van der Waals surface area contributed by atoms with Crippen LogP contribution in [-0.4, -0.2) is 17.9 Å². The Morgan fingerprint density at radius 2 is 2.00 bits per heavy atom. The number of para-hydroxylation sites is 1. The van der Waals surface area contributed by atoms with Crippen LogP contribution in [0, 0.1) is 12.3 Å². The van der Waals surface area contributed by atoms with Crippen molar-refractivity contribution >= 4 is 17.2 Å². The second kappa shape index (κ2) is 4.87. The third kappa shape index (κ3) is 2.32. The van der Waals surface area contributed by atoms with Crippen molar-refractivity contribution in [2.24, 2.45) is 5.73 Å². The topological polar surface area (TPSA) is 66.0 Å². The number of benzene rings is 1. The van der Waals surface area contributed by atoms with Gasteiger partial charge in [0.2, 0.25) is 0 Å². The zero-order valence-electron chi connectivity index (χ0n) is 10.5. The van der Waals surface area contributed by atoms with Gasteiger partial charge in [-0.25, -0.2) is 0 Å². The molecule has 0 aliphatic heterocycles. The van der Waals surface area contributed by atoms with Gasteiger partial charge in [0, 0.05) is 24.6 Å². The van der Waals surface area contributed by atoms with E-state index in [-0.39, 0.29) is 5.84 Å². The Morgan fingerprint density at radius 3 is 2.67 bits per heavy atom. The summed E-state index contributed by atoms with van der Waals surface area (Å²) in [4.78, 5) is 6.12. The van der Waals surface area contributed by atoms with Gasteiger partial charge in [0.1, 0.15) is 11.5 Å². The van der Waals surface area contributed by atoms with Crippen molar-refractivity contribution < 1.29 is 0 Å². The molecule has 2 aromatic rings. The monoisotopic (exact) mass is 240 g/mol. The molecule has 0 aliphatic carbocycles. The normalized spacial score (nSPS) is 10.1. The molecule has 0 saturated carbocycles. The van der Waals surface area contributed by atoms with Crippen LogP contribution < -0.4 is 10.6 Å². The number of hydrogen-bond donors (Lipinski definition) is 2. The lowest BCUT2D eigenvalue weighted by Gasteiger charge is -2.21. The summed E-state index contributed by atoms with van der Waals surface area (Å²) < 4.78 is 0. The van der Waals surface area contributed by atoms with E-state index in [9.17, 15) is 0 Å². The smallest absolute Gasteiger partial charge is 0.141 e. The number of nitrogen functional groups attached to an aromatic ring is 1. The molecule has 0 amide bonds. The van der Waals surface area contributed by atoms with Gasteiger partial charge in [-0.05, 0) is 30.7 Å². The van der Waals surface area contributed by atoms with Gasteiger partial charge in [-0.3, -0.25) is 10.4 Å². The van der Waals surface area contributed by atoms with Gasteiger partial charge in [0.25, 0.3) is 0 Å². The Hall–Kier alpha value is -2.36. The minimum Gasteiger partial charge on any atom is -0.382 e. The summed E-state index contributed by atoms with van der Waals surface area (Å²) in [7, 11) is 1.99. The first kappa shape index (κ1) is 12.1. The van der Waals surface area contributed by atoms with Crippen LogP contribution in [0.15, 0.2) is 42.6 Å². The fraction of sp³-hybridized carbons (Fsp3) is 0.143. The van der Waals surface area contributed by atoms with E-state index in [4.69, 9.17) is 11.1 Å². The molecule has 0 spiro atoms. The molecule has 1 aromatic carbocycles. The second-order valence-electron chi connectivity index (χ2n) is 4.16. The number of nitrogens with zero attached hydrogens (tertiary/aromatic N) is 2. The minimum atomic E-state index is -0.0185. The fourth-order valence-corrected chi connectivity index (χ4v) is 1.85. The number of nitrogens with one attached hydrogen (secondary N) is 1. The highest BCUT2D eigenvalue weighted by molar-refractivity contribution is 5.94. The summed E-state index contributed by atoms with van der Waals surface area (Å²) in [5, 5.41) is 7.42. The van der Waals surface area contributed by atoms with Gasteiger partial charge in [-0.2, -0.15) is 0 Å². The van der Waals surface area contributed by atoms with Crippen LogP contribution in [0.4, 0.5) is 11.4 Å². The molecule has 92 valence electrons. The number of anilines is 2. The molecule has 0 aliphatic rings. The summed E-state index contributed by atoms with van der Waals surface area (Å²) in [5.74, 6) is -0.0185. The number of rotatable bonds is 3. The Labute approximate surface area is 107 Å². The largest absolute Gasteiger partial charge is 0.382 e. The molecule has 0 unspecified atom stereocenters. The molecule has 0 atom stereocenters. The number of hydrogen-bond acceptors (Lipinski definition) is 3. The lowest BCUT2D eigenvalue weighted by molar-refractivity contribution is 1.16. The summed E-state index contributed by atoms with van der Waals surface area (Å²) >= 11 is 0. The Morgan fingerprint density at radius 1 is 1.28 bits per heavy atom. The summed E-state index contributed by atoms with van der Waals surface area (Å²) in [6.45, 7) is 2.07. The molecule has 3 N–H and O–H groups in total. The van der Waals surface area contributed by atoms with Gasteiger partial charge >= 0.3 is 0 Å². The van der Waals surface area contributed by atoms with Crippen molar-refractivity contribution in [3.8, 4) is 0 Å². The van der Waals surface area contributed by atoms with Crippen LogP contribution in [-0.2, 0) is 0 Å². The van der Waals surface area contributed by atoms with Crippen LogP contribution >= 0.6 is 0 Å². The third-order valence-electron chi connectivity index (χ3n) is 2.88. The first-order valence-electron chi connectivity index (χ1n) is 5.69. The van der Waals surface area contributed by atoms with Crippen molar-refractivity contribution in [2.75, 3.05) is 11.9 Å². The first-order valence-corrected chi connectivity index (χ1v) is 5.69. The molecular weight excluding hydrogens is 224 g/mol. The second-order valence-corrected chi connectivity index (χ2v) is 4.16. The third-order valence-corrected chi connectivity index (χ3v) is 2.88. The summed E-state index contributed by atoms with van der Waals surface area (Å²) in [5.41, 5.74) is 9.23. The van der Waals surface area contributed by atoms with Crippen LogP contribution in [0.25, 0.3) is 0 Å². The Bertz CT molecular complexity index is 578. The fourth-order valence-electron chi connectivity index (χ4n) is 1.85. The van der Waals surface area contributed by atoms with E-state index in [0.717, 1.165) is 11.4 Å². The van der Waals surface area contributed by atoms with Crippen LogP contribution in [0.5, 0.6) is 0 Å². The van der Waals surface area contributed by atoms with Crippen molar-refractivity contribution in [1.29, 1.82) is 5.41 Å². The van der Waals surface area contributed by atoms with E-state index in [2.05, 4.69) is 28.9 Å². The lowest BCUT2D eigenvalue weighted by Crippen LogP contribution is -2.16. The molecule has 0 radical (unpaired) electrons. The van der Waals surface area contributed by atoms with Gasteiger partial charge in [-0.1, -0.05) is 18.2 Å². The molecule has 18 heavy (non-hydrogen) atoms. The van der Waals surface area contributed by atoms with Crippen molar-refractivity contribution in [3.05, 3.63) is 53.9 Å². The highest BCUT2D eigenvalue weighted by Gasteiger charge is 2.08. The standard InChI is InChI=1S/C14H16N4/c1-10-5-3-4-6-13(10)18(2)11-7-8-17-12(9-11)14(15)16/h3-9H,1-2H3,(H3,15,16). The molecule has 4 nitrogen and oxygen atoms in total. The van der Waals surface area contributed by atoms with Crippen LogP contribution in [0.2, 0.25) is 0 Å². The first-order chi connectivity index (χ1) is 8.59. The highest BCUT2D eigenvalue weighted by Crippen LogP contribution is 2.26. The van der Waals surface area contributed by atoms with E-state index < -0.39 is 0 Å². The predicted octanol–water partition coefficient (Wildman–Crippen LogP) is 2.44. The molecule has 0 saturated heterocycles. The number of amidine groups is 1. The SMILES string of the molecule is Cc1ccccc1N(C)c1ccnc(C(=N)N)c1. The van der Waals surface area contributed by atoms with E-state index in [1.165, 1.54) is 5.56 Å². The zero-order chi connectivity index (χ0) is 13.1. The number of aryl methyl sites for hydroxylation is 1. The van der Waals surface area contributed by atoms with Gasteiger partial charge in [-0.15, -0.1) is 0 Å². The minimum absolute atomic E-state index is 0.0185. The number of aromatic nitrogens is 1. The lowest BCUT2D eigenvalue weighted by atomic mass is 10.1. The highest BCUT2D eigenvalue weighted by atomic mass is 15.1. The molecule has 2 rings (SSSR count). The Kier molecular flexibility index (Phi) is 3.28. The van der Waals surface area contributed by atoms with E-state index in [1.807, 2.05) is 31.3 Å². The molecule has 1 aromatic heterocycles. The number of nitrogens with two attached hydrogens (primary N) is 1. The van der Waals surface area contributed by atoms with Gasteiger partial charge in [0.05, 0.1) is 0 Å². The summed E-state index contributed by atoms with van der Waals surface area (Å²) in [6.07, 6.45) is 1.67. The van der Waals surface area contributed by atoms with E-state index in [0.29, 0.717) is 5.69 Å². The maximum atomic E-state index is 7.42. The van der Waals surface area contributed by atoms with Crippen LogP contribution in [0.3, 0.4) is 0 Å². The molecule has 1 heterocycles. The quantitative estimate of drug-likeness (QED) is 0.639. The Balaban J connectivity index is 2.40.